The molecule has 0 saturated carbocycles. The van der Waals surface area contributed by atoms with E-state index in [1.54, 1.807) is 30.3 Å². The summed E-state index contributed by atoms with van der Waals surface area (Å²) in [5.41, 5.74) is 2.09. The number of ether oxygens (including phenoxy) is 1. The fourth-order valence-corrected chi connectivity index (χ4v) is 2.42. The highest BCUT2D eigenvalue weighted by molar-refractivity contribution is 6.35. The molecule has 0 aliphatic heterocycles. The molecule has 2 aromatic carbocycles. The van der Waals surface area contributed by atoms with Crippen molar-refractivity contribution in [1.29, 1.82) is 0 Å². The van der Waals surface area contributed by atoms with Crippen molar-refractivity contribution in [2.75, 3.05) is 17.2 Å². The van der Waals surface area contributed by atoms with Gasteiger partial charge in [0.2, 0.25) is 5.91 Å². The van der Waals surface area contributed by atoms with Crippen molar-refractivity contribution in [3.8, 4) is 5.75 Å². The maximum Gasteiger partial charge on any atom is 0.262 e. The Kier molecular flexibility index (Phi) is 6.06. The lowest BCUT2D eigenvalue weighted by Crippen LogP contribution is -2.20. The molecule has 0 unspecified atom stereocenters. The molecule has 2 amide bonds. The summed E-state index contributed by atoms with van der Waals surface area (Å²) in [6, 6.07) is 9.99. The summed E-state index contributed by atoms with van der Waals surface area (Å²) in [5, 5.41) is 6.23. The lowest BCUT2D eigenvalue weighted by Gasteiger charge is -2.11. The van der Waals surface area contributed by atoms with Gasteiger partial charge in [0.1, 0.15) is 5.75 Å². The maximum atomic E-state index is 12.0. The third-order valence-electron chi connectivity index (χ3n) is 3.08. The number of aryl methyl sites for hydroxylation is 1. The molecule has 2 rings (SSSR count). The second kappa shape index (κ2) is 8.04. The van der Waals surface area contributed by atoms with Crippen molar-refractivity contribution in [3.63, 3.8) is 0 Å². The second-order valence-corrected chi connectivity index (χ2v) is 5.97. The van der Waals surface area contributed by atoms with E-state index in [4.69, 9.17) is 27.9 Å². The Morgan fingerprint density at radius 3 is 2.50 bits per heavy atom. The van der Waals surface area contributed by atoms with Crippen molar-refractivity contribution >= 4 is 46.4 Å². The predicted molar refractivity (Wildman–Crippen MR) is 96.1 cm³/mol. The van der Waals surface area contributed by atoms with Gasteiger partial charge in [-0.1, -0.05) is 29.3 Å². The van der Waals surface area contributed by atoms with Gasteiger partial charge in [0.05, 0.1) is 5.02 Å². The molecule has 0 atom stereocenters. The van der Waals surface area contributed by atoms with Gasteiger partial charge < -0.3 is 15.4 Å². The third kappa shape index (κ3) is 5.15. The van der Waals surface area contributed by atoms with Crippen LogP contribution in [0, 0.1) is 6.92 Å². The molecule has 5 nitrogen and oxygen atoms in total. The van der Waals surface area contributed by atoms with E-state index in [1.807, 2.05) is 6.92 Å². The topological polar surface area (TPSA) is 67.4 Å². The molecule has 0 aliphatic rings. The van der Waals surface area contributed by atoms with E-state index in [0.717, 1.165) is 5.56 Å². The van der Waals surface area contributed by atoms with Crippen LogP contribution in [0.1, 0.15) is 12.5 Å². The van der Waals surface area contributed by atoms with E-state index in [0.29, 0.717) is 27.2 Å². The third-order valence-corrected chi connectivity index (χ3v) is 3.62. The summed E-state index contributed by atoms with van der Waals surface area (Å²) in [4.78, 5) is 23.2. The van der Waals surface area contributed by atoms with Gasteiger partial charge in [0, 0.05) is 23.3 Å². The van der Waals surface area contributed by atoms with E-state index in [2.05, 4.69) is 10.6 Å². The molecule has 0 spiro atoms. The SMILES string of the molecule is CC(=O)Nc1cc(NC(=O)COc2ccc(Cl)cc2Cl)ccc1C. The Labute approximate surface area is 149 Å². The van der Waals surface area contributed by atoms with Gasteiger partial charge in [0.25, 0.3) is 5.91 Å². The number of rotatable bonds is 5. The summed E-state index contributed by atoms with van der Waals surface area (Å²) in [6.07, 6.45) is 0. The van der Waals surface area contributed by atoms with Crippen LogP contribution in [0.2, 0.25) is 10.0 Å². The average molecular weight is 367 g/mol. The van der Waals surface area contributed by atoms with Crippen LogP contribution in [0.5, 0.6) is 5.75 Å². The van der Waals surface area contributed by atoms with Crippen molar-refractivity contribution in [2.45, 2.75) is 13.8 Å². The molecule has 2 aromatic rings. The first-order valence-corrected chi connectivity index (χ1v) is 7.86. The van der Waals surface area contributed by atoms with Crippen molar-refractivity contribution in [1.82, 2.24) is 0 Å². The smallest absolute Gasteiger partial charge is 0.262 e. The first-order valence-electron chi connectivity index (χ1n) is 7.11. The Morgan fingerprint density at radius 2 is 1.83 bits per heavy atom. The number of halogens is 2. The normalized spacial score (nSPS) is 10.2. The zero-order chi connectivity index (χ0) is 17.7. The minimum atomic E-state index is -0.348. The predicted octanol–water partition coefficient (Wildman–Crippen LogP) is 4.28. The molecule has 126 valence electrons. The van der Waals surface area contributed by atoms with Crippen LogP contribution >= 0.6 is 23.2 Å². The van der Waals surface area contributed by atoms with Crippen molar-refractivity contribution < 1.29 is 14.3 Å². The van der Waals surface area contributed by atoms with E-state index in [9.17, 15) is 9.59 Å². The Morgan fingerprint density at radius 1 is 1.08 bits per heavy atom. The highest BCUT2D eigenvalue weighted by Gasteiger charge is 2.08. The molecular weight excluding hydrogens is 351 g/mol. The monoisotopic (exact) mass is 366 g/mol. The Balaban J connectivity index is 1.98. The number of hydrogen-bond donors (Lipinski definition) is 2. The zero-order valence-corrected chi connectivity index (χ0v) is 14.7. The molecule has 7 heteroatoms. The van der Waals surface area contributed by atoms with Gasteiger partial charge in [-0.2, -0.15) is 0 Å². The van der Waals surface area contributed by atoms with Gasteiger partial charge in [-0.25, -0.2) is 0 Å². The molecular formula is C17H16Cl2N2O3. The summed E-state index contributed by atoms with van der Waals surface area (Å²) in [6.45, 7) is 3.08. The molecule has 2 N–H and O–H groups in total. The number of nitrogens with one attached hydrogen (secondary N) is 2. The van der Waals surface area contributed by atoms with Crippen LogP contribution in [0.4, 0.5) is 11.4 Å². The minimum absolute atomic E-state index is 0.178. The Hall–Kier alpha value is -2.24. The van der Waals surface area contributed by atoms with Crippen LogP contribution in [0.15, 0.2) is 36.4 Å². The van der Waals surface area contributed by atoms with Crippen LogP contribution in [0.3, 0.4) is 0 Å². The lowest BCUT2D eigenvalue weighted by molar-refractivity contribution is -0.118. The standard InChI is InChI=1S/C17H16Cl2N2O3/c1-10-3-5-13(8-15(10)20-11(2)22)21-17(23)9-24-16-6-4-12(18)7-14(16)19/h3-8H,9H2,1-2H3,(H,20,22)(H,21,23). The number of hydrogen-bond acceptors (Lipinski definition) is 3. The number of carbonyl (C=O) groups is 2. The highest BCUT2D eigenvalue weighted by Crippen LogP contribution is 2.27. The summed E-state index contributed by atoms with van der Waals surface area (Å²) >= 11 is 11.8. The number of benzene rings is 2. The molecule has 0 fully saturated rings. The second-order valence-electron chi connectivity index (χ2n) is 5.12. The molecule has 0 bridgehead atoms. The average Bonchev–Trinajstić information content (AvgIpc) is 2.49. The van der Waals surface area contributed by atoms with E-state index >= 15 is 0 Å². The summed E-state index contributed by atoms with van der Waals surface area (Å²) in [5.74, 6) is -0.153. The summed E-state index contributed by atoms with van der Waals surface area (Å²) in [7, 11) is 0. The van der Waals surface area contributed by atoms with Crippen LogP contribution in [-0.2, 0) is 9.59 Å². The van der Waals surface area contributed by atoms with Gasteiger partial charge in [0.15, 0.2) is 6.61 Å². The van der Waals surface area contributed by atoms with Crippen LogP contribution < -0.4 is 15.4 Å². The van der Waals surface area contributed by atoms with Crippen LogP contribution in [0.25, 0.3) is 0 Å². The highest BCUT2D eigenvalue weighted by atomic mass is 35.5. The molecule has 0 saturated heterocycles. The maximum absolute atomic E-state index is 12.0. The van der Waals surface area contributed by atoms with Gasteiger partial charge >= 0.3 is 0 Å². The molecule has 0 aromatic heterocycles. The summed E-state index contributed by atoms with van der Waals surface area (Å²) < 4.78 is 5.37. The zero-order valence-electron chi connectivity index (χ0n) is 13.2. The molecule has 0 radical (unpaired) electrons. The minimum Gasteiger partial charge on any atom is -0.482 e. The fourth-order valence-electron chi connectivity index (χ4n) is 1.96. The molecule has 0 heterocycles. The van der Waals surface area contributed by atoms with Gasteiger partial charge in [-0.05, 0) is 42.8 Å². The van der Waals surface area contributed by atoms with Crippen molar-refractivity contribution in [2.24, 2.45) is 0 Å². The van der Waals surface area contributed by atoms with E-state index in [1.165, 1.54) is 13.0 Å². The van der Waals surface area contributed by atoms with Gasteiger partial charge in [-0.3, -0.25) is 9.59 Å². The first-order chi connectivity index (χ1) is 11.3. The fraction of sp³-hybridized carbons (Fsp3) is 0.176. The van der Waals surface area contributed by atoms with Gasteiger partial charge in [-0.15, -0.1) is 0 Å². The number of anilines is 2. The lowest BCUT2D eigenvalue weighted by atomic mass is 10.1. The largest absolute Gasteiger partial charge is 0.482 e. The number of amides is 2. The molecule has 0 aliphatic carbocycles. The van der Waals surface area contributed by atoms with E-state index in [-0.39, 0.29) is 18.4 Å². The quantitative estimate of drug-likeness (QED) is 0.829. The Bertz CT molecular complexity index is 778. The van der Waals surface area contributed by atoms with E-state index < -0.39 is 0 Å². The first kappa shape index (κ1) is 18.1. The van der Waals surface area contributed by atoms with Crippen molar-refractivity contribution in [3.05, 3.63) is 52.0 Å². The molecule has 24 heavy (non-hydrogen) atoms. The van der Waals surface area contributed by atoms with Crippen LogP contribution in [-0.4, -0.2) is 18.4 Å². The number of carbonyl (C=O) groups excluding carboxylic acids is 2.